The van der Waals surface area contributed by atoms with Crippen LogP contribution in [0.3, 0.4) is 0 Å². The minimum atomic E-state index is 0.380. The lowest BCUT2D eigenvalue weighted by Crippen LogP contribution is -2.25. The zero-order valence-electron chi connectivity index (χ0n) is 13.6. The first-order chi connectivity index (χ1) is 9.96. The zero-order chi connectivity index (χ0) is 15.3. The molecule has 0 saturated carbocycles. The van der Waals surface area contributed by atoms with E-state index in [1.807, 2.05) is 25.1 Å². The van der Waals surface area contributed by atoms with Crippen LogP contribution in [0.1, 0.15) is 32.9 Å². The van der Waals surface area contributed by atoms with Crippen molar-refractivity contribution in [2.24, 2.45) is 5.41 Å². The van der Waals surface area contributed by atoms with Gasteiger partial charge in [-0.3, -0.25) is 0 Å². The number of aromatic nitrogens is 1. The molecule has 3 nitrogen and oxygen atoms in total. The van der Waals surface area contributed by atoms with Gasteiger partial charge in [0.25, 0.3) is 0 Å². The third-order valence-corrected chi connectivity index (χ3v) is 3.41. The molecule has 2 aromatic rings. The summed E-state index contributed by atoms with van der Waals surface area (Å²) in [6.45, 7) is 11.3. The summed E-state index contributed by atoms with van der Waals surface area (Å²) in [7, 11) is 0. The fourth-order valence-corrected chi connectivity index (χ4v) is 2.16. The summed E-state index contributed by atoms with van der Waals surface area (Å²) in [6.07, 6.45) is 1.17. The maximum Gasteiger partial charge on any atom is 0.145 e. The number of para-hydroxylation sites is 1. The Bertz CT molecular complexity index is 587. The number of pyridine rings is 1. The molecule has 0 amide bonds. The highest BCUT2D eigenvalue weighted by Crippen LogP contribution is 2.23. The molecule has 1 N–H and O–H groups in total. The Morgan fingerprint density at radius 1 is 1.10 bits per heavy atom. The predicted molar refractivity (Wildman–Crippen MR) is 88.9 cm³/mol. The molecule has 114 valence electrons. The van der Waals surface area contributed by atoms with Crippen LogP contribution in [0, 0.1) is 12.3 Å². The van der Waals surface area contributed by atoms with Crippen LogP contribution in [0.25, 0.3) is 10.9 Å². The van der Waals surface area contributed by atoms with E-state index in [1.54, 1.807) is 0 Å². The maximum atomic E-state index is 5.88. The van der Waals surface area contributed by atoms with E-state index < -0.39 is 0 Å². The second kappa shape index (κ2) is 6.90. The van der Waals surface area contributed by atoms with Crippen molar-refractivity contribution in [3.63, 3.8) is 0 Å². The molecule has 0 aliphatic rings. The standard InChI is InChI=1S/C18H26N2O/c1-14-8-9-15-6-5-7-16(17(15)20-14)21-13-12-19-11-10-18(2,3)4/h5-9,19H,10-13H2,1-4H3. The summed E-state index contributed by atoms with van der Waals surface area (Å²) in [6, 6.07) is 10.2. The monoisotopic (exact) mass is 286 g/mol. The van der Waals surface area contributed by atoms with Crippen LogP contribution >= 0.6 is 0 Å². The lowest BCUT2D eigenvalue weighted by Gasteiger charge is -2.18. The SMILES string of the molecule is Cc1ccc2cccc(OCCNCCC(C)(C)C)c2n1. The first-order valence-electron chi connectivity index (χ1n) is 7.66. The fourth-order valence-electron chi connectivity index (χ4n) is 2.16. The van der Waals surface area contributed by atoms with E-state index in [9.17, 15) is 0 Å². The van der Waals surface area contributed by atoms with Crippen LogP contribution in [0.2, 0.25) is 0 Å². The minimum Gasteiger partial charge on any atom is -0.490 e. The molecule has 1 aromatic heterocycles. The van der Waals surface area contributed by atoms with Gasteiger partial charge in [0, 0.05) is 17.6 Å². The smallest absolute Gasteiger partial charge is 0.145 e. The third-order valence-electron chi connectivity index (χ3n) is 3.41. The van der Waals surface area contributed by atoms with Gasteiger partial charge in [-0.15, -0.1) is 0 Å². The van der Waals surface area contributed by atoms with E-state index in [0.717, 1.165) is 35.4 Å². The maximum absolute atomic E-state index is 5.88. The molecule has 0 fully saturated rings. The largest absolute Gasteiger partial charge is 0.490 e. The number of nitrogens with one attached hydrogen (secondary N) is 1. The highest BCUT2D eigenvalue weighted by molar-refractivity contribution is 5.84. The van der Waals surface area contributed by atoms with Crippen LogP contribution in [-0.4, -0.2) is 24.7 Å². The van der Waals surface area contributed by atoms with Crippen molar-refractivity contribution in [1.29, 1.82) is 0 Å². The Morgan fingerprint density at radius 2 is 1.90 bits per heavy atom. The van der Waals surface area contributed by atoms with Crippen molar-refractivity contribution < 1.29 is 4.74 Å². The Morgan fingerprint density at radius 3 is 2.67 bits per heavy atom. The number of hydrogen-bond donors (Lipinski definition) is 1. The Hall–Kier alpha value is -1.61. The van der Waals surface area contributed by atoms with Gasteiger partial charge in [0.15, 0.2) is 0 Å². The van der Waals surface area contributed by atoms with Crippen molar-refractivity contribution in [3.8, 4) is 5.75 Å². The van der Waals surface area contributed by atoms with Crippen molar-refractivity contribution in [2.75, 3.05) is 19.7 Å². The summed E-state index contributed by atoms with van der Waals surface area (Å²) < 4.78 is 5.88. The van der Waals surface area contributed by atoms with Crippen LogP contribution < -0.4 is 10.1 Å². The molecule has 0 unspecified atom stereocenters. The van der Waals surface area contributed by atoms with Gasteiger partial charge in [-0.05, 0) is 37.4 Å². The van der Waals surface area contributed by atoms with Gasteiger partial charge in [0.2, 0.25) is 0 Å². The molecule has 0 bridgehead atoms. The van der Waals surface area contributed by atoms with Gasteiger partial charge in [0.05, 0.1) is 0 Å². The van der Waals surface area contributed by atoms with Crippen molar-refractivity contribution in [1.82, 2.24) is 10.3 Å². The molecule has 0 aliphatic heterocycles. The highest BCUT2D eigenvalue weighted by atomic mass is 16.5. The number of fused-ring (bicyclic) bond motifs is 1. The van der Waals surface area contributed by atoms with E-state index in [1.165, 1.54) is 6.42 Å². The van der Waals surface area contributed by atoms with Gasteiger partial charge in [-0.1, -0.05) is 39.0 Å². The number of hydrogen-bond acceptors (Lipinski definition) is 3. The average Bonchev–Trinajstić information content (AvgIpc) is 2.41. The minimum absolute atomic E-state index is 0.380. The number of rotatable bonds is 6. The number of nitrogens with zero attached hydrogens (tertiary/aromatic N) is 1. The Kier molecular flexibility index (Phi) is 5.18. The van der Waals surface area contributed by atoms with Gasteiger partial charge in [-0.25, -0.2) is 4.98 Å². The second-order valence-electron chi connectivity index (χ2n) is 6.69. The zero-order valence-corrected chi connectivity index (χ0v) is 13.6. The van der Waals surface area contributed by atoms with E-state index in [2.05, 4.69) is 43.2 Å². The topological polar surface area (TPSA) is 34.1 Å². The first kappa shape index (κ1) is 15.8. The summed E-state index contributed by atoms with van der Waals surface area (Å²) in [5, 5.41) is 4.55. The summed E-state index contributed by atoms with van der Waals surface area (Å²) >= 11 is 0. The summed E-state index contributed by atoms with van der Waals surface area (Å²) in [5.74, 6) is 0.869. The predicted octanol–water partition coefficient (Wildman–Crippen LogP) is 3.95. The van der Waals surface area contributed by atoms with Crippen LogP contribution in [0.15, 0.2) is 30.3 Å². The number of aryl methyl sites for hydroxylation is 1. The molecule has 3 heteroatoms. The normalized spacial score (nSPS) is 11.8. The van der Waals surface area contributed by atoms with Crippen molar-refractivity contribution in [2.45, 2.75) is 34.1 Å². The van der Waals surface area contributed by atoms with E-state index in [0.29, 0.717) is 12.0 Å². The molecular formula is C18H26N2O. The number of ether oxygens (including phenoxy) is 1. The van der Waals surface area contributed by atoms with Crippen LogP contribution in [-0.2, 0) is 0 Å². The first-order valence-corrected chi connectivity index (χ1v) is 7.66. The van der Waals surface area contributed by atoms with Gasteiger partial charge in [-0.2, -0.15) is 0 Å². The third kappa shape index (κ3) is 5.01. The quantitative estimate of drug-likeness (QED) is 0.817. The van der Waals surface area contributed by atoms with Crippen LogP contribution in [0.4, 0.5) is 0 Å². The molecule has 0 radical (unpaired) electrons. The Balaban J connectivity index is 1.85. The molecule has 1 aromatic carbocycles. The van der Waals surface area contributed by atoms with Gasteiger partial charge in [0.1, 0.15) is 17.9 Å². The van der Waals surface area contributed by atoms with E-state index in [-0.39, 0.29) is 0 Å². The lowest BCUT2D eigenvalue weighted by atomic mass is 9.92. The molecule has 0 spiro atoms. The Labute approximate surface area is 127 Å². The number of benzene rings is 1. The molecule has 1 heterocycles. The molecule has 21 heavy (non-hydrogen) atoms. The summed E-state index contributed by atoms with van der Waals surface area (Å²) in [5.41, 5.74) is 2.35. The fraction of sp³-hybridized carbons (Fsp3) is 0.500. The van der Waals surface area contributed by atoms with Crippen molar-refractivity contribution in [3.05, 3.63) is 36.0 Å². The highest BCUT2D eigenvalue weighted by Gasteiger charge is 2.08. The molecular weight excluding hydrogens is 260 g/mol. The van der Waals surface area contributed by atoms with Gasteiger partial charge < -0.3 is 10.1 Å². The molecule has 0 atom stereocenters. The average molecular weight is 286 g/mol. The second-order valence-corrected chi connectivity index (χ2v) is 6.69. The summed E-state index contributed by atoms with van der Waals surface area (Å²) in [4.78, 5) is 4.58. The van der Waals surface area contributed by atoms with E-state index in [4.69, 9.17) is 4.74 Å². The molecule has 0 aliphatic carbocycles. The van der Waals surface area contributed by atoms with Crippen LogP contribution in [0.5, 0.6) is 5.75 Å². The van der Waals surface area contributed by atoms with Crippen molar-refractivity contribution >= 4 is 10.9 Å². The van der Waals surface area contributed by atoms with Gasteiger partial charge >= 0.3 is 0 Å². The van der Waals surface area contributed by atoms with E-state index >= 15 is 0 Å². The lowest BCUT2D eigenvalue weighted by molar-refractivity contribution is 0.306. The molecule has 2 rings (SSSR count). The molecule has 0 saturated heterocycles.